The van der Waals surface area contributed by atoms with Gasteiger partial charge in [-0.25, -0.2) is 4.68 Å². The van der Waals surface area contributed by atoms with Crippen molar-refractivity contribution in [3.8, 4) is 0 Å². The van der Waals surface area contributed by atoms with Crippen molar-refractivity contribution in [2.75, 3.05) is 0 Å². The standard InChI is InChI=1S/C6H10N4.NO3/c1-4-3-5(2)10(9-4)6(7)8;2-1(3)4/h3H,1-2H3,(H3,7,8);/q;-1. The molecule has 0 aliphatic carbocycles. The van der Waals surface area contributed by atoms with Crippen molar-refractivity contribution >= 4 is 5.96 Å². The van der Waals surface area contributed by atoms with Gasteiger partial charge in [-0.1, -0.05) is 0 Å². The molecule has 78 valence electrons. The summed E-state index contributed by atoms with van der Waals surface area (Å²) in [6, 6.07) is 1.88. The molecular weight excluding hydrogens is 190 g/mol. The molecule has 0 radical (unpaired) electrons. The fraction of sp³-hybridized carbons (Fsp3) is 0.333. The third kappa shape index (κ3) is 4.04. The van der Waals surface area contributed by atoms with E-state index >= 15 is 0 Å². The first-order chi connectivity index (χ1) is 6.34. The summed E-state index contributed by atoms with van der Waals surface area (Å²) in [6.07, 6.45) is 0. The lowest BCUT2D eigenvalue weighted by molar-refractivity contribution is -0.402. The lowest BCUT2D eigenvalue weighted by Gasteiger charge is -1.97. The maximum atomic E-state index is 8.25. The zero-order valence-corrected chi connectivity index (χ0v) is 7.72. The van der Waals surface area contributed by atoms with Gasteiger partial charge < -0.3 is 21.1 Å². The van der Waals surface area contributed by atoms with E-state index in [9.17, 15) is 0 Å². The molecule has 3 N–H and O–H groups in total. The normalized spacial score (nSPS) is 8.71. The molecule has 14 heavy (non-hydrogen) atoms. The average molecular weight is 200 g/mol. The third-order valence-electron chi connectivity index (χ3n) is 1.24. The summed E-state index contributed by atoms with van der Waals surface area (Å²) in [7, 11) is 0. The first-order valence-corrected chi connectivity index (χ1v) is 3.53. The highest BCUT2D eigenvalue weighted by molar-refractivity contribution is 5.76. The molecule has 0 aliphatic heterocycles. The zero-order valence-electron chi connectivity index (χ0n) is 7.72. The molecule has 8 nitrogen and oxygen atoms in total. The van der Waals surface area contributed by atoms with Crippen molar-refractivity contribution in [1.82, 2.24) is 9.78 Å². The number of aromatic nitrogens is 2. The molecule has 1 heterocycles. The predicted molar refractivity (Wildman–Crippen MR) is 49.4 cm³/mol. The van der Waals surface area contributed by atoms with E-state index < -0.39 is 5.09 Å². The summed E-state index contributed by atoms with van der Waals surface area (Å²) < 4.78 is 1.40. The van der Waals surface area contributed by atoms with E-state index in [1.165, 1.54) is 4.68 Å². The first kappa shape index (κ1) is 11.9. The van der Waals surface area contributed by atoms with Gasteiger partial charge in [-0.2, -0.15) is 5.10 Å². The van der Waals surface area contributed by atoms with Crippen molar-refractivity contribution in [1.29, 1.82) is 5.41 Å². The first-order valence-electron chi connectivity index (χ1n) is 3.53. The van der Waals surface area contributed by atoms with Gasteiger partial charge in [-0.15, -0.1) is 0 Å². The van der Waals surface area contributed by atoms with Crippen LogP contribution >= 0.6 is 0 Å². The molecule has 0 saturated carbocycles. The Morgan fingerprint density at radius 2 is 2.07 bits per heavy atom. The number of rotatable bonds is 0. The molecule has 0 amide bonds. The van der Waals surface area contributed by atoms with Gasteiger partial charge in [0.1, 0.15) is 0 Å². The van der Waals surface area contributed by atoms with E-state index in [1.54, 1.807) is 0 Å². The smallest absolute Gasteiger partial charge is 0.213 e. The van der Waals surface area contributed by atoms with E-state index in [2.05, 4.69) is 5.10 Å². The molecule has 8 heteroatoms. The van der Waals surface area contributed by atoms with Crippen LogP contribution in [0.3, 0.4) is 0 Å². The zero-order chi connectivity index (χ0) is 11.3. The molecule has 0 spiro atoms. The molecule has 0 bridgehead atoms. The number of aryl methyl sites for hydroxylation is 2. The topological polar surface area (TPSA) is 134 Å². The van der Waals surface area contributed by atoms with Gasteiger partial charge in [0.2, 0.25) is 5.96 Å². The van der Waals surface area contributed by atoms with Crippen LogP contribution in [0, 0.1) is 34.6 Å². The van der Waals surface area contributed by atoms with Crippen LogP contribution in [0.15, 0.2) is 6.07 Å². The van der Waals surface area contributed by atoms with Crippen molar-refractivity contribution < 1.29 is 5.09 Å². The van der Waals surface area contributed by atoms with Gasteiger partial charge in [0.15, 0.2) is 0 Å². The van der Waals surface area contributed by atoms with Gasteiger partial charge in [0.25, 0.3) is 0 Å². The second kappa shape index (κ2) is 4.80. The van der Waals surface area contributed by atoms with Crippen LogP contribution < -0.4 is 5.73 Å². The molecule has 1 rings (SSSR count). The summed E-state index contributed by atoms with van der Waals surface area (Å²) >= 11 is 0. The number of nitrogens with zero attached hydrogens (tertiary/aromatic N) is 3. The summed E-state index contributed by atoms with van der Waals surface area (Å²) in [5, 5.41) is 25.8. The Labute approximate surface area is 79.6 Å². The average Bonchev–Trinajstić information content (AvgIpc) is 2.28. The molecule has 0 atom stereocenters. The van der Waals surface area contributed by atoms with E-state index in [4.69, 9.17) is 26.5 Å². The minimum atomic E-state index is -1.75. The molecule has 1 aromatic heterocycles. The number of nitrogens with one attached hydrogen (secondary N) is 1. The number of hydrogen-bond acceptors (Lipinski definition) is 5. The molecule has 0 aromatic carbocycles. The molecule has 0 unspecified atom stereocenters. The minimum absolute atomic E-state index is 0.0365. The van der Waals surface area contributed by atoms with Crippen molar-refractivity contribution in [2.24, 2.45) is 5.73 Å². The highest BCUT2D eigenvalue weighted by Crippen LogP contribution is 1.98. The van der Waals surface area contributed by atoms with E-state index in [-0.39, 0.29) is 5.96 Å². The van der Waals surface area contributed by atoms with Crippen LogP contribution in [-0.4, -0.2) is 20.8 Å². The Balaban J connectivity index is 0.000000364. The molecule has 0 aliphatic rings. The van der Waals surface area contributed by atoms with Gasteiger partial charge in [-0.05, 0) is 19.9 Å². The van der Waals surface area contributed by atoms with Crippen LogP contribution in [0.5, 0.6) is 0 Å². The summed E-state index contributed by atoms with van der Waals surface area (Å²) in [4.78, 5) is 8.25. The maximum Gasteiger partial charge on any atom is 0.213 e. The van der Waals surface area contributed by atoms with E-state index in [0.29, 0.717) is 0 Å². The Hall–Kier alpha value is -2.12. The number of nitrogens with two attached hydrogens (primary N) is 1. The van der Waals surface area contributed by atoms with Crippen LogP contribution in [-0.2, 0) is 0 Å². The van der Waals surface area contributed by atoms with Gasteiger partial charge in [-0.3, -0.25) is 5.41 Å². The fourth-order valence-electron chi connectivity index (χ4n) is 0.873. The summed E-state index contributed by atoms with van der Waals surface area (Å²) in [6.45, 7) is 3.73. The lowest BCUT2D eigenvalue weighted by Crippen LogP contribution is -2.22. The van der Waals surface area contributed by atoms with E-state index in [1.807, 2.05) is 19.9 Å². The summed E-state index contributed by atoms with van der Waals surface area (Å²) in [5.74, 6) is -0.0365. The van der Waals surface area contributed by atoms with Crippen LogP contribution in [0.1, 0.15) is 11.4 Å². The van der Waals surface area contributed by atoms with Gasteiger partial charge in [0.05, 0.1) is 10.8 Å². The second-order valence-corrected chi connectivity index (χ2v) is 2.45. The SMILES string of the molecule is Cc1cc(C)n(C(=N)N)n1.O=[N+]([O-])[O-]. The third-order valence-corrected chi connectivity index (χ3v) is 1.24. The maximum absolute atomic E-state index is 8.25. The highest BCUT2D eigenvalue weighted by atomic mass is 16.9. The second-order valence-electron chi connectivity index (χ2n) is 2.45. The van der Waals surface area contributed by atoms with Crippen molar-refractivity contribution in [3.63, 3.8) is 0 Å². The molecule has 0 saturated heterocycles. The minimum Gasteiger partial charge on any atom is -0.368 e. The van der Waals surface area contributed by atoms with Crippen LogP contribution in [0.4, 0.5) is 0 Å². The highest BCUT2D eigenvalue weighted by Gasteiger charge is 2.00. The molecular formula is C6H10N5O3-. The molecule has 1 aromatic rings. The molecule has 0 fully saturated rings. The van der Waals surface area contributed by atoms with Crippen molar-refractivity contribution in [2.45, 2.75) is 13.8 Å². The quantitative estimate of drug-likeness (QED) is 0.263. The van der Waals surface area contributed by atoms with E-state index in [0.717, 1.165) is 11.4 Å². The summed E-state index contributed by atoms with van der Waals surface area (Å²) in [5.41, 5.74) is 6.99. The predicted octanol–water partition coefficient (Wildman–Crippen LogP) is 0.00241. The largest absolute Gasteiger partial charge is 0.368 e. The van der Waals surface area contributed by atoms with Crippen LogP contribution in [0.2, 0.25) is 0 Å². The lowest BCUT2D eigenvalue weighted by atomic mass is 10.4. The Bertz CT molecular complexity index is 341. The Morgan fingerprint density at radius 1 is 1.64 bits per heavy atom. The Morgan fingerprint density at radius 3 is 2.21 bits per heavy atom. The Kier molecular flexibility index (Phi) is 4.07. The van der Waals surface area contributed by atoms with Crippen molar-refractivity contribution in [3.05, 3.63) is 32.8 Å². The number of nitrogen functional groups attached to an aromatic ring is 1. The van der Waals surface area contributed by atoms with Gasteiger partial charge in [0, 0.05) is 5.69 Å². The van der Waals surface area contributed by atoms with Gasteiger partial charge >= 0.3 is 0 Å². The van der Waals surface area contributed by atoms with Crippen LogP contribution in [0.25, 0.3) is 0 Å². The monoisotopic (exact) mass is 200 g/mol. The number of hydrogen-bond donors (Lipinski definition) is 2. The fourth-order valence-corrected chi connectivity index (χ4v) is 0.873.